The number of hydrogen-bond acceptors (Lipinski definition) is 5. The molecule has 1 fully saturated rings. The van der Waals surface area contributed by atoms with Crippen molar-refractivity contribution in [1.82, 2.24) is 9.78 Å². The molecule has 0 aliphatic carbocycles. The van der Waals surface area contributed by atoms with Gasteiger partial charge in [0.1, 0.15) is 6.10 Å². The molecule has 0 spiro atoms. The lowest BCUT2D eigenvalue weighted by Gasteiger charge is -2.40. The van der Waals surface area contributed by atoms with E-state index in [-0.39, 0.29) is 24.5 Å². The van der Waals surface area contributed by atoms with Crippen LogP contribution in [0, 0.1) is 0 Å². The fourth-order valence-electron chi connectivity index (χ4n) is 4.63. The van der Waals surface area contributed by atoms with Crippen molar-refractivity contribution < 1.29 is 27.8 Å². The highest BCUT2D eigenvalue weighted by atomic mass is 19.3. The standard InChI is InChI=1S/C24H30F2N4O4/c1-15-13-28(24(32)34-16(2)10-23(25)26)22-11-18(4-5-21(22)30(15)17(3)31)19-12-27-29(14-19)20-6-8-33-9-7-20/h4-5,11-12,14-16,20,23H,6-10,13H2,1-3H3. The molecule has 2 unspecified atom stereocenters. The van der Waals surface area contributed by atoms with Crippen molar-refractivity contribution >= 4 is 23.4 Å². The molecule has 0 radical (unpaired) electrons. The highest BCUT2D eigenvalue weighted by Gasteiger charge is 2.35. The fourth-order valence-corrected chi connectivity index (χ4v) is 4.63. The van der Waals surface area contributed by atoms with E-state index in [1.807, 2.05) is 29.9 Å². The van der Waals surface area contributed by atoms with Gasteiger partial charge in [0.2, 0.25) is 12.3 Å². The minimum atomic E-state index is -2.57. The molecule has 4 rings (SSSR count). The first kappa shape index (κ1) is 24.1. The SMILES string of the molecule is CC(=O)N1c2ccc(-c3cnn(C4CCOCC4)c3)cc2N(C(=O)OC(C)CC(F)F)CC1C. The minimum absolute atomic E-state index is 0.145. The van der Waals surface area contributed by atoms with Crippen LogP contribution >= 0.6 is 0 Å². The van der Waals surface area contributed by atoms with Crippen LogP contribution in [0.25, 0.3) is 11.1 Å². The maximum Gasteiger partial charge on any atom is 0.414 e. The summed E-state index contributed by atoms with van der Waals surface area (Å²) in [6.45, 7) is 6.36. The summed E-state index contributed by atoms with van der Waals surface area (Å²) < 4.78 is 38.1. The van der Waals surface area contributed by atoms with Gasteiger partial charge < -0.3 is 14.4 Å². The van der Waals surface area contributed by atoms with Gasteiger partial charge in [0.25, 0.3) is 0 Å². The van der Waals surface area contributed by atoms with Crippen LogP contribution < -0.4 is 9.80 Å². The number of rotatable bonds is 5. The highest BCUT2D eigenvalue weighted by molar-refractivity contribution is 6.03. The second-order valence-corrected chi connectivity index (χ2v) is 8.93. The van der Waals surface area contributed by atoms with Crippen molar-refractivity contribution in [1.29, 1.82) is 0 Å². The molecule has 8 nitrogen and oxygen atoms in total. The zero-order chi connectivity index (χ0) is 24.4. The molecule has 184 valence electrons. The molecule has 1 aromatic heterocycles. The Labute approximate surface area is 197 Å². The third kappa shape index (κ3) is 5.06. The number of carbonyl (C=O) groups excluding carboxylic acids is 2. The van der Waals surface area contributed by atoms with E-state index >= 15 is 0 Å². The maximum atomic E-state index is 13.0. The average molecular weight is 477 g/mol. The molecule has 0 N–H and O–H groups in total. The second kappa shape index (κ2) is 10.1. The summed E-state index contributed by atoms with van der Waals surface area (Å²) in [5.41, 5.74) is 2.78. The number of halogens is 2. The average Bonchev–Trinajstić information content (AvgIpc) is 3.28. The van der Waals surface area contributed by atoms with Gasteiger partial charge >= 0.3 is 6.09 Å². The van der Waals surface area contributed by atoms with Gasteiger partial charge in [-0.3, -0.25) is 14.4 Å². The third-order valence-corrected chi connectivity index (χ3v) is 6.28. The summed E-state index contributed by atoms with van der Waals surface area (Å²) in [4.78, 5) is 28.4. The fraction of sp³-hybridized carbons (Fsp3) is 0.542. The monoisotopic (exact) mass is 476 g/mol. The van der Waals surface area contributed by atoms with Gasteiger partial charge in [0, 0.05) is 44.9 Å². The molecule has 34 heavy (non-hydrogen) atoms. The van der Waals surface area contributed by atoms with E-state index in [1.54, 1.807) is 17.2 Å². The van der Waals surface area contributed by atoms with E-state index in [4.69, 9.17) is 9.47 Å². The molecule has 0 bridgehead atoms. The zero-order valence-corrected chi connectivity index (χ0v) is 19.6. The van der Waals surface area contributed by atoms with Gasteiger partial charge in [-0.2, -0.15) is 5.10 Å². The van der Waals surface area contributed by atoms with E-state index < -0.39 is 25.0 Å². The summed E-state index contributed by atoms with van der Waals surface area (Å²) in [7, 11) is 0. The van der Waals surface area contributed by atoms with Crippen molar-refractivity contribution in [3.8, 4) is 11.1 Å². The highest BCUT2D eigenvalue weighted by Crippen LogP contribution is 2.39. The topological polar surface area (TPSA) is 76.9 Å². The number of benzene rings is 1. The first-order valence-electron chi connectivity index (χ1n) is 11.6. The summed E-state index contributed by atoms with van der Waals surface area (Å²) in [5.74, 6) is -0.145. The number of alkyl halides is 2. The van der Waals surface area contributed by atoms with Crippen LogP contribution in [0.4, 0.5) is 25.0 Å². The summed E-state index contributed by atoms with van der Waals surface area (Å²) >= 11 is 0. The van der Waals surface area contributed by atoms with Crippen molar-refractivity contribution in [2.75, 3.05) is 29.6 Å². The first-order valence-corrected chi connectivity index (χ1v) is 11.6. The van der Waals surface area contributed by atoms with Crippen LogP contribution in [0.2, 0.25) is 0 Å². The molecule has 2 atom stereocenters. The largest absolute Gasteiger partial charge is 0.446 e. The Hall–Kier alpha value is -3.01. The molecule has 2 aromatic rings. The first-order chi connectivity index (χ1) is 16.2. The predicted molar refractivity (Wildman–Crippen MR) is 123 cm³/mol. The number of nitrogens with zero attached hydrogens (tertiary/aromatic N) is 4. The zero-order valence-electron chi connectivity index (χ0n) is 19.6. The predicted octanol–water partition coefficient (Wildman–Crippen LogP) is 4.64. The van der Waals surface area contributed by atoms with Crippen molar-refractivity contribution in [3.05, 3.63) is 30.6 Å². The summed E-state index contributed by atoms with van der Waals surface area (Å²) in [6.07, 6.45) is 0.797. The molecule has 2 aliphatic rings. The Morgan fingerprint density at radius 3 is 2.62 bits per heavy atom. The van der Waals surface area contributed by atoms with Crippen molar-refractivity contribution in [2.45, 2.75) is 64.6 Å². The van der Waals surface area contributed by atoms with E-state index in [1.165, 1.54) is 18.7 Å². The maximum absolute atomic E-state index is 13.0. The molecule has 2 aliphatic heterocycles. The Morgan fingerprint density at radius 2 is 1.94 bits per heavy atom. The lowest BCUT2D eigenvalue weighted by Crippen LogP contribution is -2.51. The molecule has 0 saturated carbocycles. The minimum Gasteiger partial charge on any atom is -0.446 e. The second-order valence-electron chi connectivity index (χ2n) is 8.93. The Morgan fingerprint density at radius 1 is 1.21 bits per heavy atom. The lowest BCUT2D eigenvalue weighted by atomic mass is 10.0. The Balaban J connectivity index is 1.65. The van der Waals surface area contributed by atoms with Gasteiger partial charge in [-0.25, -0.2) is 13.6 Å². The van der Waals surface area contributed by atoms with Gasteiger partial charge in [-0.05, 0) is 44.4 Å². The third-order valence-electron chi connectivity index (χ3n) is 6.28. The molecular formula is C24H30F2N4O4. The van der Waals surface area contributed by atoms with Crippen LogP contribution in [-0.4, -0.2) is 60.1 Å². The van der Waals surface area contributed by atoms with Crippen molar-refractivity contribution in [3.63, 3.8) is 0 Å². The number of aromatic nitrogens is 2. The summed E-state index contributed by atoms with van der Waals surface area (Å²) in [5, 5.41) is 4.52. The van der Waals surface area contributed by atoms with Gasteiger partial charge in [-0.1, -0.05) is 6.07 Å². The van der Waals surface area contributed by atoms with Gasteiger partial charge in [-0.15, -0.1) is 0 Å². The van der Waals surface area contributed by atoms with E-state index in [0.717, 1.165) is 24.0 Å². The van der Waals surface area contributed by atoms with Gasteiger partial charge in [0.15, 0.2) is 0 Å². The Bertz CT molecular complexity index is 1040. The molecule has 2 amide bonds. The number of hydrogen-bond donors (Lipinski definition) is 0. The van der Waals surface area contributed by atoms with Crippen LogP contribution in [0.1, 0.15) is 46.1 Å². The molecule has 10 heteroatoms. The number of amides is 2. The Kier molecular flexibility index (Phi) is 7.16. The van der Waals surface area contributed by atoms with Gasteiger partial charge in [0.05, 0.1) is 29.7 Å². The quantitative estimate of drug-likeness (QED) is 0.628. The van der Waals surface area contributed by atoms with E-state index in [9.17, 15) is 18.4 Å². The van der Waals surface area contributed by atoms with E-state index in [2.05, 4.69) is 5.10 Å². The van der Waals surface area contributed by atoms with Crippen molar-refractivity contribution in [2.24, 2.45) is 0 Å². The number of ether oxygens (including phenoxy) is 2. The molecular weight excluding hydrogens is 446 g/mol. The smallest absolute Gasteiger partial charge is 0.414 e. The van der Waals surface area contributed by atoms with Crippen LogP contribution in [0.5, 0.6) is 0 Å². The molecule has 1 saturated heterocycles. The molecule has 1 aromatic carbocycles. The lowest BCUT2D eigenvalue weighted by molar-refractivity contribution is -0.117. The molecule has 3 heterocycles. The number of fused-ring (bicyclic) bond motifs is 1. The normalized spacial score (nSPS) is 19.8. The van der Waals surface area contributed by atoms with E-state index in [0.29, 0.717) is 24.6 Å². The number of carbonyl (C=O) groups is 2. The van der Waals surface area contributed by atoms with Crippen LogP contribution in [0.15, 0.2) is 30.6 Å². The number of anilines is 2. The summed E-state index contributed by atoms with van der Waals surface area (Å²) in [6, 6.07) is 5.49. The van der Waals surface area contributed by atoms with Crippen LogP contribution in [0.3, 0.4) is 0 Å². The van der Waals surface area contributed by atoms with Crippen LogP contribution in [-0.2, 0) is 14.3 Å².